The van der Waals surface area contributed by atoms with Crippen LogP contribution in [0.25, 0.3) is 16.8 Å². The Bertz CT molecular complexity index is 1210. The van der Waals surface area contributed by atoms with E-state index >= 15 is 0 Å². The number of aryl methyl sites for hydroxylation is 1. The lowest BCUT2D eigenvalue weighted by Gasteiger charge is -2.25. The lowest BCUT2D eigenvalue weighted by Crippen LogP contribution is -2.26. The van der Waals surface area contributed by atoms with Gasteiger partial charge in [0, 0.05) is 24.1 Å². The second-order valence-electron chi connectivity index (χ2n) is 7.13. The maximum Gasteiger partial charge on any atom is 0.288 e. The van der Waals surface area contributed by atoms with Crippen LogP contribution in [-0.2, 0) is 14.8 Å². The van der Waals surface area contributed by atoms with E-state index in [1.165, 1.54) is 6.33 Å². The van der Waals surface area contributed by atoms with Crippen LogP contribution in [0.4, 0.5) is 5.69 Å². The molecule has 0 amide bonds. The van der Waals surface area contributed by atoms with Crippen LogP contribution in [0.15, 0.2) is 35.4 Å². The van der Waals surface area contributed by atoms with Crippen molar-refractivity contribution in [2.75, 3.05) is 24.2 Å². The van der Waals surface area contributed by atoms with Gasteiger partial charge in [0.15, 0.2) is 0 Å². The molecular formula is C19H22N4O5S. The highest BCUT2D eigenvalue weighted by Gasteiger charge is 2.20. The number of aromatic nitrogens is 3. The van der Waals surface area contributed by atoms with Crippen molar-refractivity contribution in [1.29, 1.82) is 0 Å². The number of rotatable bonds is 5. The SMILES string of the molecule is Cc1cc(-c2cc(NS(C)(=O)=O)ccc2OC2CCOCC2)n2cn[nH]c(=O)c12. The molecule has 1 aromatic carbocycles. The standard InChI is InChI=1S/C19H22N4O5S/c1-12-9-16(23-11-20-21-19(24)18(12)23)15-10-13(22-29(2,25)26)3-4-17(15)28-14-5-7-27-8-6-14/h3-4,9-11,14,22H,5-8H2,1-2H3,(H,21,24). The zero-order valence-corrected chi connectivity index (χ0v) is 17.0. The topological polar surface area (TPSA) is 115 Å². The normalized spacial score (nSPS) is 15.5. The molecule has 0 bridgehead atoms. The lowest BCUT2D eigenvalue weighted by atomic mass is 10.1. The van der Waals surface area contributed by atoms with Gasteiger partial charge < -0.3 is 9.47 Å². The summed E-state index contributed by atoms with van der Waals surface area (Å²) in [6.45, 7) is 3.12. The van der Waals surface area contributed by atoms with Crippen molar-refractivity contribution in [3.63, 3.8) is 0 Å². The zero-order chi connectivity index (χ0) is 20.6. The van der Waals surface area contributed by atoms with Crippen LogP contribution in [0.5, 0.6) is 5.75 Å². The van der Waals surface area contributed by atoms with E-state index in [9.17, 15) is 13.2 Å². The summed E-state index contributed by atoms with van der Waals surface area (Å²) in [5, 5.41) is 6.34. The van der Waals surface area contributed by atoms with Crippen molar-refractivity contribution in [2.45, 2.75) is 25.9 Å². The van der Waals surface area contributed by atoms with Crippen molar-refractivity contribution in [3.05, 3.63) is 46.5 Å². The van der Waals surface area contributed by atoms with E-state index in [2.05, 4.69) is 14.9 Å². The fourth-order valence-corrected chi connectivity index (χ4v) is 4.11. The van der Waals surface area contributed by atoms with Gasteiger partial charge in [0.25, 0.3) is 5.56 Å². The fraction of sp³-hybridized carbons (Fsp3) is 0.368. The minimum Gasteiger partial charge on any atom is -0.490 e. The van der Waals surface area contributed by atoms with E-state index in [1.54, 1.807) is 22.6 Å². The van der Waals surface area contributed by atoms with E-state index in [4.69, 9.17) is 9.47 Å². The number of aromatic amines is 1. The van der Waals surface area contributed by atoms with Gasteiger partial charge in [-0.1, -0.05) is 0 Å². The molecule has 9 nitrogen and oxygen atoms in total. The third kappa shape index (κ3) is 4.13. The average molecular weight is 418 g/mol. The Labute approximate surface area is 167 Å². The first-order valence-corrected chi connectivity index (χ1v) is 11.1. The predicted molar refractivity (Wildman–Crippen MR) is 109 cm³/mol. The van der Waals surface area contributed by atoms with Crippen LogP contribution < -0.4 is 15.0 Å². The summed E-state index contributed by atoms with van der Waals surface area (Å²) in [6, 6.07) is 6.97. The van der Waals surface area contributed by atoms with Gasteiger partial charge >= 0.3 is 0 Å². The highest BCUT2D eigenvalue weighted by molar-refractivity contribution is 7.92. The summed E-state index contributed by atoms with van der Waals surface area (Å²) in [5.41, 5.74) is 2.73. The van der Waals surface area contributed by atoms with Gasteiger partial charge in [-0.3, -0.25) is 13.9 Å². The van der Waals surface area contributed by atoms with Crippen LogP contribution >= 0.6 is 0 Å². The Morgan fingerprint density at radius 3 is 2.76 bits per heavy atom. The van der Waals surface area contributed by atoms with E-state index in [0.717, 1.165) is 24.7 Å². The number of benzene rings is 1. The monoisotopic (exact) mass is 418 g/mol. The number of H-pyrrole nitrogens is 1. The summed E-state index contributed by atoms with van der Waals surface area (Å²) in [5.74, 6) is 0.607. The molecule has 2 aromatic heterocycles. The first-order chi connectivity index (χ1) is 13.8. The molecule has 29 heavy (non-hydrogen) atoms. The molecule has 3 heterocycles. The number of ether oxygens (including phenoxy) is 2. The summed E-state index contributed by atoms with van der Waals surface area (Å²) in [7, 11) is -3.44. The highest BCUT2D eigenvalue weighted by atomic mass is 32.2. The van der Waals surface area contributed by atoms with Crippen LogP contribution in [0.2, 0.25) is 0 Å². The maximum absolute atomic E-state index is 12.2. The molecule has 0 aliphatic carbocycles. The Balaban J connectivity index is 1.85. The number of hydrogen-bond acceptors (Lipinski definition) is 6. The molecule has 10 heteroatoms. The Hall–Kier alpha value is -2.85. The fourth-order valence-electron chi connectivity index (χ4n) is 3.55. The average Bonchev–Trinajstić information content (AvgIpc) is 3.00. The Morgan fingerprint density at radius 2 is 2.03 bits per heavy atom. The minimum absolute atomic E-state index is 0.00469. The second-order valence-corrected chi connectivity index (χ2v) is 8.88. The molecule has 0 radical (unpaired) electrons. The minimum atomic E-state index is -3.44. The van der Waals surface area contributed by atoms with Crippen molar-refractivity contribution in [2.24, 2.45) is 0 Å². The molecule has 1 saturated heterocycles. The molecule has 3 aromatic rings. The Kier molecular flexibility index (Phi) is 5.05. The predicted octanol–water partition coefficient (Wildman–Crippen LogP) is 1.93. The molecule has 154 valence electrons. The van der Waals surface area contributed by atoms with E-state index in [-0.39, 0.29) is 11.7 Å². The number of nitrogens with zero attached hydrogens (tertiary/aromatic N) is 2. The number of anilines is 1. The van der Waals surface area contributed by atoms with Gasteiger partial charge in [-0.15, -0.1) is 0 Å². The van der Waals surface area contributed by atoms with Gasteiger partial charge in [-0.2, -0.15) is 5.10 Å². The first kappa shape index (κ1) is 19.5. The lowest BCUT2D eigenvalue weighted by molar-refractivity contribution is 0.0258. The van der Waals surface area contributed by atoms with E-state index in [1.807, 2.05) is 13.0 Å². The Morgan fingerprint density at radius 1 is 1.28 bits per heavy atom. The van der Waals surface area contributed by atoms with Crippen LogP contribution in [0.1, 0.15) is 18.4 Å². The molecule has 1 fully saturated rings. The molecule has 0 unspecified atom stereocenters. The smallest absolute Gasteiger partial charge is 0.288 e. The van der Waals surface area contributed by atoms with Crippen LogP contribution in [0, 0.1) is 6.92 Å². The summed E-state index contributed by atoms with van der Waals surface area (Å²) in [6.07, 6.45) is 4.17. The first-order valence-electron chi connectivity index (χ1n) is 9.24. The number of nitrogens with one attached hydrogen (secondary N) is 2. The highest BCUT2D eigenvalue weighted by Crippen LogP contribution is 2.36. The van der Waals surface area contributed by atoms with Gasteiger partial charge in [0.1, 0.15) is 23.7 Å². The largest absolute Gasteiger partial charge is 0.490 e. The summed E-state index contributed by atoms with van der Waals surface area (Å²) >= 11 is 0. The molecule has 0 saturated carbocycles. The third-order valence-electron chi connectivity index (χ3n) is 4.80. The summed E-state index contributed by atoms with van der Waals surface area (Å²) < 4.78 is 39.2. The molecular weight excluding hydrogens is 396 g/mol. The van der Waals surface area contributed by atoms with Gasteiger partial charge in [0.2, 0.25) is 10.0 Å². The molecule has 0 spiro atoms. The molecule has 1 aliphatic heterocycles. The number of fused-ring (bicyclic) bond motifs is 1. The van der Waals surface area contributed by atoms with Crippen LogP contribution in [0.3, 0.4) is 0 Å². The third-order valence-corrected chi connectivity index (χ3v) is 5.41. The van der Waals surface area contributed by atoms with Gasteiger partial charge in [0.05, 0.1) is 25.2 Å². The van der Waals surface area contributed by atoms with Gasteiger partial charge in [-0.25, -0.2) is 13.5 Å². The van der Waals surface area contributed by atoms with Crippen molar-refractivity contribution >= 4 is 21.2 Å². The molecule has 1 aliphatic rings. The van der Waals surface area contributed by atoms with Gasteiger partial charge in [-0.05, 0) is 36.8 Å². The quantitative estimate of drug-likeness (QED) is 0.654. The van der Waals surface area contributed by atoms with E-state index < -0.39 is 10.0 Å². The van der Waals surface area contributed by atoms with Crippen LogP contribution in [-0.4, -0.2) is 48.6 Å². The van der Waals surface area contributed by atoms with Crippen molar-refractivity contribution in [1.82, 2.24) is 14.6 Å². The zero-order valence-electron chi connectivity index (χ0n) is 16.1. The molecule has 0 atom stereocenters. The summed E-state index contributed by atoms with van der Waals surface area (Å²) in [4.78, 5) is 12.2. The number of hydrogen-bond donors (Lipinski definition) is 2. The second kappa shape index (κ2) is 7.53. The number of sulfonamides is 1. The van der Waals surface area contributed by atoms with Crippen molar-refractivity contribution < 1.29 is 17.9 Å². The molecule has 2 N–H and O–H groups in total. The maximum atomic E-state index is 12.2. The molecule has 4 rings (SSSR count). The van der Waals surface area contributed by atoms with E-state index in [0.29, 0.717) is 41.4 Å². The van der Waals surface area contributed by atoms with Crippen molar-refractivity contribution in [3.8, 4) is 17.0 Å².